The molecular weight excluding hydrogens is 318 g/mol. The van der Waals surface area contributed by atoms with Crippen LogP contribution in [-0.2, 0) is 4.74 Å². The summed E-state index contributed by atoms with van der Waals surface area (Å²) in [5.41, 5.74) is 0.00781. The molecule has 2 aliphatic heterocycles. The van der Waals surface area contributed by atoms with Gasteiger partial charge in [0.1, 0.15) is 5.76 Å². The normalized spacial score (nSPS) is 32.0. The molecule has 4 unspecified atom stereocenters. The first-order chi connectivity index (χ1) is 12.1. The summed E-state index contributed by atoms with van der Waals surface area (Å²) in [6, 6.07) is 4.13. The van der Waals surface area contributed by atoms with Crippen LogP contribution in [0, 0.1) is 11.3 Å². The highest BCUT2D eigenvalue weighted by atomic mass is 16.5. The molecule has 6 heteroatoms. The van der Waals surface area contributed by atoms with Crippen molar-refractivity contribution in [3.63, 3.8) is 0 Å². The second kappa shape index (κ2) is 6.65. The molecule has 2 saturated heterocycles. The van der Waals surface area contributed by atoms with Gasteiger partial charge >= 0.3 is 6.03 Å². The Hall–Kier alpha value is -1.53. The van der Waals surface area contributed by atoms with Gasteiger partial charge in [-0.25, -0.2) is 4.79 Å². The predicted molar refractivity (Wildman–Crippen MR) is 94.2 cm³/mol. The molecule has 1 aliphatic carbocycles. The first kappa shape index (κ1) is 16.9. The van der Waals surface area contributed by atoms with Gasteiger partial charge in [0.15, 0.2) is 0 Å². The van der Waals surface area contributed by atoms with Crippen molar-refractivity contribution < 1.29 is 13.9 Å². The Kier molecular flexibility index (Phi) is 4.50. The fraction of sp³-hybridized carbons (Fsp3) is 0.737. The molecule has 3 heterocycles. The lowest BCUT2D eigenvalue weighted by Crippen LogP contribution is -2.67. The molecule has 4 rings (SSSR count). The molecule has 2 amide bonds. The molecule has 3 fully saturated rings. The lowest BCUT2D eigenvalue weighted by atomic mass is 9.57. The zero-order valence-corrected chi connectivity index (χ0v) is 15.2. The lowest BCUT2D eigenvalue weighted by molar-refractivity contribution is -0.108. The third kappa shape index (κ3) is 3.06. The number of rotatable bonds is 5. The van der Waals surface area contributed by atoms with Gasteiger partial charge in [0.2, 0.25) is 0 Å². The smallest absolute Gasteiger partial charge is 0.315 e. The van der Waals surface area contributed by atoms with Gasteiger partial charge in [0.25, 0.3) is 0 Å². The van der Waals surface area contributed by atoms with Crippen LogP contribution < -0.4 is 10.6 Å². The van der Waals surface area contributed by atoms with Gasteiger partial charge < -0.3 is 19.8 Å². The molecule has 4 atom stereocenters. The van der Waals surface area contributed by atoms with E-state index in [4.69, 9.17) is 9.15 Å². The van der Waals surface area contributed by atoms with E-state index in [1.165, 1.54) is 12.8 Å². The SMILES string of the molecule is CC1(C)C(NC(=O)NCC(c2ccco2)N2CCCC2)C2CCOC21. The Labute approximate surface area is 149 Å². The van der Waals surface area contributed by atoms with Crippen molar-refractivity contribution in [1.29, 1.82) is 0 Å². The molecule has 6 nitrogen and oxygen atoms in total. The molecule has 1 aromatic rings. The van der Waals surface area contributed by atoms with Crippen LogP contribution in [0.4, 0.5) is 4.79 Å². The summed E-state index contributed by atoms with van der Waals surface area (Å²) in [4.78, 5) is 14.9. The van der Waals surface area contributed by atoms with Gasteiger partial charge in [-0.2, -0.15) is 0 Å². The van der Waals surface area contributed by atoms with Gasteiger partial charge in [0.05, 0.1) is 18.4 Å². The average Bonchev–Trinajstić information content (AvgIpc) is 3.33. The highest BCUT2D eigenvalue weighted by molar-refractivity contribution is 5.74. The number of carbonyl (C=O) groups is 1. The van der Waals surface area contributed by atoms with Crippen molar-refractivity contribution in [2.45, 2.75) is 51.3 Å². The van der Waals surface area contributed by atoms with Crippen LogP contribution in [0.2, 0.25) is 0 Å². The number of amides is 2. The van der Waals surface area contributed by atoms with Crippen LogP contribution in [0.1, 0.15) is 44.9 Å². The summed E-state index contributed by atoms with van der Waals surface area (Å²) >= 11 is 0. The molecule has 2 N–H and O–H groups in total. The van der Waals surface area contributed by atoms with Gasteiger partial charge in [-0.1, -0.05) is 13.8 Å². The maximum atomic E-state index is 12.5. The zero-order valence-electron chi connectivity index (χ0n) is 15.2. The summed E-state index contributed by atoms with van der Waals surface area (Å²) in [6.45, 7) is 7.86. The van der Waals surface area contributed by atoms with E-state index in [0.717, 1.165) is 31.9 Å². The first-order valence-corrected chi connectivity index (χ1v) is 9.51. The van der Waals surface area contributed by atoms with Crippen molar-refractivity contribution >= 4 is 6.03 Å². The van der Waals surface area contributed by atoms with E-state index < -0.39 is 0 Å². The van der Waals surface area contributed by atoms with Crippen molar-refractivity contribution in [1.82, 2.24) is 15.5 Å². The summed E-state index contributed by atoms with van der Waals surface area (Å²) in [6.07, 6.45) is 5.46. The first-order valence-electron chi connectivity index (χ1n) is 9.51. The highest BCUT2D eigenvalue weighted by Gasteiger charge is 2.59. The molecule has 25 heavy (non-hydrogen) atoms. The van der Waals surface area contributed by atoms with E-state index in [-0.39, 0.29) is 23.5 Å². The van der Waals surface area contributed by atoms with Crippen LogP contribution in [0.15, 0.2) is 22.8 Å². The third-order valence-corrected chi connectivity index (χ3v) is 6.30. The van der Waals surface area contributed by atoms with E-state index >= 15 is 0 Å². The number of furan rings is 1. The third-order valence-electron chi connectivity index (χ3n) is 6.30. The number of hydrogen-bond donors (Lipinski definition) is 2. The highest BCUT2D eigenvalue weighted by Crippen LogP contribution is 2.52. The summed E-state index contributed by atoms with van der Waals surface area (Å²) in [5, 5.41) is 6.26. The van der Waals surface area contributed by atoms with Crippen LogP contribution in [0.3, 0.4) is 0 Å². The minimum Gasteiger partial charge on any atom is -0.468 e. The number of urea groups is 1. The predicted octanol–water partition coefficient (Wildman–Crippen LogP) is 2.53. The number of carbonyl (C=O) groups excluding carboxylic acids is 1. The topological polar surface area (TPSA) is 66.7 Å². The van der Waals surface area contributed by atoms with E-state index in [0.29, 0.717) is 18.6 Å². The second-order valence-electron chi connectivity index (χ2n) is 8.17. The Balaban J connectivity index is 1.34. The quantitative estimate of drug-likeness (QED) is 0.859. The Morgan fingerprint density at radius 3 is 2.92 bits per heavy atom. The number of fused-ring (bicyclic) bond motifs is 1. The largest absolute Gasteiger partial charge is 0.468 e. The molecule has 1 saturated carbocycles. The van der Waals surface area contributed by atoms with Crippen LogP contribution in [-0.4, -0.2) is 49.3 Å². The minimum atomic E-state index is -0.0841. The van der Waals surface area contributed by atoms with Crippen molar-refractivity contribution in [3.8, 4) is 0 Å². The molecule has 0 spiro atoms. The number of ether oxygens (including phenoxy) is 1. The Morgan fingerprint density at radius 2 is 2.20 bits per heavy atom. The van der Waals surface area contributed by atoms with E-state index in [1.54, 1.807) is 6.26 Å². The van der Waals surface area contributed by atoms with Crippen LogP contribution in [0.25, 0.3) is 0 Å². The fourth-order valence-corrected chi connectivity index (χ4v) is 4.94. The van der Waals surface area contributed by atoms with E-state index in [9.17, 15) is 4.79 Å². The molecule has 0 bridgehead atoms. The fourth-order valence-electron chi connectivity index (χ4n) is 4.94. The average molecular weight is 347 g/mol. The van der Waals surface area contributed by atoms with Gasteiger partial charge in [-0.05, 0) is 44.5 Å². The standard InChI is InChI=1S/C19H29N3O3/c1-19(2)16(13-7-11-25-17(13)19)21-18(23)20-12-14(15-6-5-10-24-15)22-8-3-4-9-22/h5-6,10,13-14,16-17H,3-4,7-9,11-12H2,1-2H3,(H2,20,21,23). The van der Waals surface area contributed by atoms with E-state index in [2.05, 4.69) is 29.4 Å². The monoisotopic (exact) mass is 347 g/mol. The number of nitrogens with zero attached hydrogens (tertiary/aromatic N) is 1. The van der Waals surface area contributed by atoms with Gasteiger partial charge in [0, 0.05) is 30.5 Å². The molecule has 1 aromatic heterocycles. The van der Waals surface area contributed by atoms with Crippen LogP contribution >= 0.6 is 0 Å². The maximum Gasteiger partial charge on any atom is 0.315 e. The van der Waals surface area contributed by atoms with Gasteiger partial charge in [-0.3, -0.25) is 4.90 Å². The lowest BCUT2D eigenvalue weighted by Gasteiger charge is -2.54. The maximum absolute atomic E-state index is 12.5. The summed E-state index contributed by atoms with van der Waals surface area (Å²) in [5.74, 6) is 1.38. The van der Waals surface area contributed by atoms with Crippen molar-refractivity contribution in [3.05, 3.63) is 24.2 Å². The minimum absolute atomic E-state index is 0.00781. The summed E-state index contributed by atoms with van der Waals surface area (Å²) < 4.78 is 11.4. The van der Waals surface area contributed by atoms with Gasteiger partial charge in [-0.15, -0.1) is 0 Å². The second-order valence-corrected chi connectivity index (χ2v) is 8.17. The van der Waals surface area contributed by atoms with E-state index in [1.807, 2.05) is 12.1 Å². The molecule has 138 valence electrons. The molecule has 0 aromatic carbocycles. The Morgan fingerprint density at radius 1 is 1.40 bits per heavy atom. The molecule has 0 radical (unpaired) electrons. The number of likely N-dealkylation sites (tertiary alicyclic amines) is 1. The summed E-state index contributed by atoms with van der Waals surface area (Å²) in [7, 11) is 0. The molecular formula is C19H29N3O3. The Bertz CT molecular complexity index is 595. The van der Waals surface area contributed by atoms with Crippen LogP contribution in [0.5, 0.6) is 0 Å². The van der Waals surface area contributed by atoms with Crippen molar-refractivity contribution in [2.75, 3.05) is 26.2 Å². The molecule has 3 aliphatic rings. The zero-order chi connectivity index (χ0) is 17.4. The number of hydrogen-bond acceptors (Lipinski definition) is 4. The number of nitrogens with one attached hydrogen (secondary N) is 2. The van der Waals surface area contributed by atoms with Crippen molar-refractivity contribution in [2.24, 2.45) is 11.3 Å².